The number of ether oxygens (including phenoxy) is 2. The van der Waals surface area contributed by atoms with Crippen molar-refractivity contribution >= 4 is 5.91 Å². The van der Waals surface area contributed by atoms with Crippen LogP contribution in [0.15, 0.2) is 42.7 Å². The summed E-state index contributed by atoms with van der Waals surface area (Å²) in [4.78, 5) is 18.7. The third-order valence-electron chi connectivity index (χ3n) is 5.48. The number of hydrogen-bond donors (Lipinski definition) is 1. The molecule has 0 unspecified atom stereocenters. The maximum atomic E-state index is 12.3. The molecule has 0 bridgehead atoms. The molecule has 0 saturated carbocycles. The third-order valence-corrected chi connectivity index (χ3v) is 5.48. The zero-order valence-corrected chi connectivity index (χ0v) is 18.5. The van der Waals surface area contributed by atoms with E-state index in [1.165, 1.54) is 5.56 Å². The zero-order chi connectivity index (χ0) is 22.3. The number of pyridine rings is 1. The lowest BCUT2D eigenvalue weighted by Gasteiger charge is -2.20. The maximum Gasteiger partial charge on any atom is 0.251 e. The standard InChI is InChI=1S/C23H28N6O3/c1-3-32-20-14-17(4-5-19(20)31-2)16-28-11-8-21-26-27-22(29(21)13-12-28)15-25-23(30)18-6-9-24-10-7-18/h4-7,9-10,14H,3,8,11-13,15-16H2,1-2H3,(H,25,30). The Labute approximate surface area is 187 Å². The number of amides is 1. The molecular weight excluding hydrogens is 408 g/mol. The fourth-order valence-corrected chi connectivity index (χ4v) is 3.83. The minimum absolute atomic E-state index is 0.149. The number of nitrogens with zero attached hydrogens (tertiary/aromatic N) is 5. The van der Waals surface area contributed by atoms with E-state index in [4.69, 9.17) is 9.47 Å². The first-order valence-electron chi connectivity index (χ1n) is 10.8. The molecule has 3 heterocycles. The van der Waals surface area contributed by atoms with E-state index in [1.807, 2.05) is 19.1 Å². The van der Waals surface area contributed by atoms with Gasteiger partial charge in [0.05, 0.1) is 20.3 Å². The summed E-state index contributed by atoms with van der Waals surface area (Å²) >= 11 is 0. The van der Waals surface area contributed by atoms with Crippen LogP contribution in [0.5, 0.6) is 11.5 Å². The van der Waals surface area contributed by atoms with E-state index in [1.54, 1.807) is 31.6 Å². The van der Waals surface area contributed by atoms with Crippen molar-refractivity contribution in [2.24, 2.45) is 0 Å². The molecule has 4 rings (SSSR count). The normalized spacial score (nSPS) is 13.8. The molecule has 0 atom stereocenters. The Morgan fingerprint density at radius 3 is 2.72 bits per heavy atom. The molecule has 0 saturated heterocycles. The van der Waals surface area contributed by atoms with E-state index in [9.17, 15) is 4.79 Å². The van der Waals surface area contributed by atoms with Crippen LogP contribution in [0.25, 0.3) is 0 Å². The Morgan fingerprint density at radius 2 is 1.94 bits per heavy atom. The number of nitrogens with one attached hydrogen (secondary N) is 1. The van der Waals surface area contributed by atoms with E-state index < -0.39 is 0 Å². The number of rotatable bonds is 8. The molecule has 1 aromatic carbocycles. The molecule has 9 heteroatoms. The van der Waals surface area contributed by atoms with Crippen LogP contribution in [0.3, 0.4) is 0 Å². The maximum absolute atomic E-state index is 12.3. The number of carbonyl (C=O) groups excluding carboxylic acids is 1. The monoisotopic (exact) mass is 436 g/mol. The first-order chi connectivity index (χ1) is 15.7. The summed E-state index contributed by atoms with van der Waals surface area (Å²) < 4.78 is 13.2. The highest BCUT2D eigenvalue weighted by Crippen LogP contribution is 2.28. The van der Waals surface area contributed by atoms with Crippen molar-refractivity contribution in [2.75, 3.05) is 26.8 Å². The van der Waals surface area contributed by atoms with Gasteiger partial charge in [-0.1, -0.05) is 6.07 Å². The smallest absolute Gasteiger partial charge is 0.251 e. The topological polar surface area (TPSA) is 94.4 Å². The largest absolute Gasteiger partial charge is 0.493 e. The highest BCUT2D eigenvalue weighted by atomic mass is 16.5. The second-order valence-electron chi connectivity index (χ2n) is 7.55. The van der Waals surface area contributed by atoms with Gasteiger partial charge in [-0.3, -0.25) is 14.7 Å². The van der Waals surface area contributed by atoms with Gasteiger partial charge in [0, 0.05) is 50.6 Å². The highest BCUT2D eigenvalue weighted by Gasteiger charge is 2.20. The third kappa shape index (κ3) is 5.05. The molecule has 1 N–H and O–H groups in total. The van der Waals surface area contributed by atoms with Crippen LogP contribution >= 0.6 is 0 Å². The molecule has 32 heavy (non-hydrogen) atoms. The molecule has 0 radical (unpaired) electrons. The molecule has 168 valence electrons. The van der Waals surface area contributed by atoms with Gasteiger partial charge < -0.3 is 19.4 Å². The van der Waals surface area contributed by atoms with Gasteiger partial charge in [0.2, 0.25) is 0 Å². The number of fused-ring (bicyclic) bond motifs is 1. The molecular formula is C23H28N6O3. The second-order valence-corrected chi connectivity index (χ2v) is 7.55. The Morgan fingerprint density at radius 1 is 1.09 bits per heavy atom. The van der Waals surface area contributed by atoms with Crippen LogP contribution in [0, 0.1) is 0 Å². The summed E-state index contributed by atoms with van der Waals surface area (Å²) in [6, 6.07) is 9.46. The van der Waals surface area contributed by atoms with Gasteiger partial charge in [-0.15, -0.1) is 10.2 Å². The predicted molar refractivity (Wildman–Crippen MR) is 119 cm³/mol. The van der Waals surface area contributed by atoms with Crippen molar-refractivity contribution in [3.05, 3.63) is 65.5 Å². The number of aromatic nitrogens is 4. The second kappa shape index (κ2) is 10.2. The summed E-state index contributed by atoms with van der Waals surface area (Å²) in [6.45, 7) is 6.24. The average molecular weight is 437 g/mol. The molecule has 1 aliphatic rings. The van der Waals surface area contributed by atoms with Crippen molar-refractivity contribution in [1.82, 2.24) is 30.0 Å². The van der Waals surface area contributed by atoms with E-state index >= 15 is 0 Å². The first kappa shape index (κ1) is 21.8. The van der Waals surface area contributed by atoms with Gasteiger partial charge in [-0.2, -0.15) is 0 Å². The van der Waals surface area contributed by atoms with Crippen molar-refractivity contribution in [2.45, 2.75) is 33.0 Å². The quantitative estimate of drug-likeness (QED) is 0.578. The van der Waals surface area contributed by atoms with Crippen molar-refractivity contribution in [3.8, 4) is 11.5 Å². The van der Waals surface area contributed by atoms with E-state index in [2.05, 4.69) is 36.0 Å². The predicted octanol–water partition coefficient (Wildman–Crippen LogP) is 2.07. The SMILES string of the molecule is CCOc1cc(CN2CCc3nnc(CNC(=O)c4ccncc4)n3CC2)ccc1OC. The van der Waals surface area contributed by atoms with Crippen LogP contribution < -0.4 is 14.8 Å². The van der Waals surface area contributed by atoms with E-state index in [-0.39, 0.29) is 5.91 Å². The summed E-state index contributed by atoms with van der Waals surface area (Å²) in [5.74, 6) is 3.09. The minimum Gasteiger partial charge on any atom is -0.493 e. The number of methoxy groups -OCH3 is 1. The fourth-order valence-electron chi connectivity index (χ4n) is 3.83. The number of benzene rings is 1. The Kier molecular flexibility index (Phi) is 6.96. The lowest BCUT2D eigenvalue weighted by Crippen LogP contribution is -2.28. The van der Waals surface area contributed by atoms with Crippen molar-refractivity contribution < 1.29 is 14.3 Å². The van der Waals surface area contributed by atoms with Crippen LogP contribution in [0.1, 0.15) is 34.5 Å². The summed E-state index contributed by atoms with van der Waals surface area (Å²) in [5, 5.41) is 11.6. The van der Waals surface area contributed by atoms with E-state index in [0.717, 1.165) is 55.7 Å². The summed E-state index contributed by atoms with van der Waals surface area (Å²) in [7, 11) is 1.65. The fraction of sp³-hybridized carbons (Fsp3) is 0.391. The van der Waals surface area contributed by atoms with Crippen molar-refractivity contribution in [3.63, 3.8) is 0 Å². The Hall–Kier alpha value is -3.46. The first-order valence-corrected chi connectivity index (χ1v) is 10.8. The molecule has 9 nitrogen and oxygen atoms in total. The molecule has 0 aliphatic carbocycles. The van der Waals surface area contributed by atoms with Crippen LogP contribution in [-0.2, 0) is 26.1 Å². The molecule has 3 aromatic rings. The molecule has 0 spiro atoms. The summed E-state index contributed by atoms with van der Waals surface area (Å²) in [6.07, 6.45) is 4.01. The van der Waals surface area contributed by atoms with Crippen molar-refractivity contribution in [1.29, 1.82) is 0 Å². The highest BCUT2D eigenvalue weighted by molar-refractivity contribution is 5.93. The number of hydrogen-bond acceptors (Lipinski definition) is 7. The lowest BCUT2D eigenvalue weighted by atomic mass is 10.2. The van der Waals surface area contributed by atoms with Crippen LogP contribution in [0.2, 0.25) is 0 Å². The van der Waals surface area contributed by atoms with Gasteiger partial charge in [-0.25, -0.2) is 0 Å². The van der Waals surface area contributed by atoms with Gasteiger partial charge in [0.25, 0.3) is 5.91 Å². The molecule has 1 amide bonds. The minimum atomic E-state index is -0.149. The molecule has 1 aliphatic heterocycles. The van der Waals surface area contributed by atoms with Crippen LogP contribution in [-0.4, -0.2) is 57.4 Å². The zero-order valence-electron chi connectivity index (χ0n) is 18.5. The average Bonchev–Trinajstić information content (AvgIpc) is 3.10. The van der Waals surface area contributed by atoms with Gasteiger partial charge in [-0.05, 0) is 36.8 Å². The Balaban J connectivity index is 1.37. The summed E-state index contributed by atoms with van der Waals surface area (Å²) in [5.41, 5.74) is 1.75. The number of carbonyl (C=O) groups is 1. The van der Waals surface area contributed by atoms with E-state index in [0.29, 0.717) is 18.7 Å². The van der Waals surface area contributed by atoms with Gasteiger partial charge in [0.15, 0.2) is 17.3 Å². The molecule has 2 aromatic heterocycles. The van der Waals surface area contributed by atoms with Gasteiger partial charge >= 0.3 is 0 Å². The van der Waals surface area contributed by atoms with Crippen LogP contribution in [0.4, 0.5) is 0 Å². The van der Waals surface area contributed by atoms with Gasteiger partial charge in [0.1, 0.15) is 5.82 Å². The molecule has 0 fully saturated rings. The lowest BCUT2D eigenvalue weighted by molar-refractivity contribution is 0.0949. The Bertz CT molecular complexity index is 1050.